The Kier molecular flexibility index (Phi) is 3.90. The number of nitrogens with one attached hydrogen (secondary N) is 1. The van der Waals surface area contributed by atoms with E-state index in [0.29, 0.717) is 0 Å². The Morgan fingerprint density at radius 1 is 1.18 bits per heavy atom. The largest absolute Gasteiger partial charge is 0.268 e. The predicted molar refractivity (Wildman–Crippen MR) is 68.3 cm³/mol. The fraction of sp³-hybridized carbons (Fsp3) is 0.308. The summed E-state index contributed by atoms with van der Waals surface area (Å²) in [4.78, 5) is 0. The lowest BCUT2D eigenvalue weighted by molar-refractivity contribution is 0.286. The second-order valence-corrected chi connectivity index (χ2v) is 4.26. The van der Waals surface area contributed by atoms with E-state index in [0.717, 1.165) is 13.1 Å². The summed E-state index contributed by atoms with van der Waals surface area (Å²) in [5.41, 5.74) is 5.67. The number of hydrazine groups is 1. The number of benzene rings is 1. The van der Waals surface area contributed by atoms with E-state index in [1.165, 1.54) is 11.1 Å². The SMILES string of the molecule is CN(C)NCc1cnn(Cc2ccccc2)c1. The number of hydrogen-bond acceptors (Lipinski definition) is 3. The van der Waals surface area contributed by atoms with Crippen LogP contribution in [0.25, 0.3) is 0 Å². The van der Waals surface area contributed by atoms with Gasteiger partial charge in [0.2, 0.25) is 0 Å². The Morgan fingerprint density at radius 2 is 1.94 bits per heavy atom. The van der Waals surface area contributed by atoms with E-state index >= 15 is 0 Å². The van der Waals surface area contributed by atoms with Gasteiger partial charge in [-0.2, -0.15) is 5.10 Å². The van der Waals surface area contributed by atoms with Crippen molar-refractivity contribution in [1.29, 1.82) is 0 Å². The monoisotopic (exact) mass is 230 g/mol. The summed E-state index contributed by atoms with van der Waals surface area (Å²) in [7, 11) is 3.96. The van der Waals surface area contributed by atoms with Crippen molar-refractivity contribution in [2.24, 2.45) is 0 Å². The molecular weight excluding hydrogens is 212 g/mol. The first-order valence-electron chi connectivity index (χ1n) is 5.70. The molecule has 1 aromatic carbocycles. The van der Waals surface area contributed by atoms with E-state index in [2.05, 4.69) is 28.9 Å². The van der Waals surface area contributed by atoms with Gasteiger partial charge in [0, 0.05) is 32.4 Å². The van der Waals surface area contributed by atoms with E-state index in [1.54, 1.807) is 0 Å². The van der Waals surface area contributed by atoms with Gasteiger partial charge >= 0.3 is 0 Å². The van der Waals surface area contributed by atoms with Crippen molar-refractivity contribution in [2.45, 2.75) is 13.1 Å². The zero-order valence-electron chi connectivity index (χ0n) is 10.3. The fourth-order valence-corrected chi connectivity index (χ4v) is 1.60. The molecule has 0 saturated carbocycles. The molecule has 4 nitrogen and oxygen atoms in total. The summed E-state index contributed by atoms with van der Waals surface area (Å²) in [6, 6.07) is 10.3. The Labute approximate surface area is 102 Å². The third kappa shape index (κ3) is 3.69. The number of aromatic nitrogens is 2. The molecule has 1 N–H and O–H groups in total. The van der Waals surface area contributed by atoms with Crippen LogP contribution in [0.1, 0.15) is 11.1 Å². The Bertz CT molecular complexity index is 447. The summed E-state index contributed by atoms with van der Waals surface area (Å²) in [5.74, 6) is 0. The Balaban J connectivity index is 1.94. The summed E-state index contributed by atoms with van der Waals surface area (Å²) in [5, 5.41) is 6.29. The minimum absolute atomic E-state index is 0.807. The topological polar surface area (TPSA) is 33.1 Å². The van der Waals surface area contributed by atoms with Crippen LogP contribution in [0.4, 0.5) is 0 Å². The van der Waals surface area contributed by atoms with E-state index < -0.39 is 0 Å². The third-order valence-corrected chi connectivity index (χ3v) is 2.47. The van der Waals surface area contributed by atoms with Crippen LogP contribution in [0.3, 0.4) is 0 Å². The number of hydrogen-bond donors (Lipinski definition) is 1. The van der Waals surface area contributed by atoms with Crippen LogP contribution in [0.5, 0.6) is 0 Å². The molecule has 0 bridgehead atoms. The molecular formula is C13H18N4. The highest BCUT2D eigenvalue weighted by Gasteiger charge is 1.99. The van der Waals surface area contributed by atoms with Crippen LogP contribution < -0.4 is 5.43 Å². The minimum Gasteiger partial charge on any atom is -0.268 e. The van der Waals surface area contributed by atoms with Gasteiger partial charge in [0.05, 0.1) is 12.7 Å². The van der Waals surface area contributed by atoms with Gasteiger partial charge in [-0.25, -0.2) is 0 Å². The molecule has 0 unspecified atom stereocenters. The van der Waals surface area contributed by atoms with Gasteiger partial charge in [0.1, 0.15) is 0 Å². The van der Waals surface area contributed by atoms with Crippen LogP contribution in [-0.4, -0.2) is 28.9 Å². The summed E-state index contributed by atoms with van der Waals surface area (Å²) < 4.78 is 1.96. The molecule has 17 heavy (non-hydrogen) atoms. The second-order valence-electron chi connectivity index (χ2n) is 4.26. The molecule has 0 amide bonds. The maximum absolute atomic E-state index is 4.35. The standard InChI is InChI=1S/C13H18N4/c1-16(2)14-8-13-9-15-17(11-13)10-12-6-4-3-5-7-12/h3-7,9,11,14H,8,10H2,1-2H3. The van der Waals surface area contributed by atoms with E-state index in [1.807, 2.05) is 48.2 Å². The first-order chi connectivity index (χ1) is 8.24. The lowest BCUT2D eigenvalue weighted by atomic mass is 10.2. The zero-order chi connectivity index (χ0) is 12.1. The smallest absolute Gasteiger partial charge is 0.0659 e. The quantitative estimate of drug-likeness (QED) is 0.790. The van der Waals surface area contributed by atoms with Crippen LogP contribution in [0.15, 0.2) is 42.7 Å². The Hall–Kier alpha value is -1.65. The van der Waals surface area contributed by atoms with Crippen molar-refractivity contribution >= 4 is 0 Å². The van der Waals surface area contributed by atoms with Gasteiger partial charge < -0.3 is 0 Å². The molecule has 0 radical (unpaired) electrons. The Morgan fingerprint density at radius 3 is 2.65 bits per heavy atom. The molecule has 1 aromatic heterocycles. The third-order valence-electron chi connectivity index (χ3n) is 2.47. The molecule has 0 aliphatic carbocycles. The molecule has 0 saturated heterocycles. The first-order valence-corrected chi connectivity index (χ1v) is 5.70. The summed E-state index contributed by atoms with van der Waals surface area (Å²) >= 11 is 0. The van der Waals surface area contributed by atoms with Crippen molar-refractivity contribution in [3.8, 4) is 0 Å². The van der Waals surface area contributed by atoms with E-state index in [9.17, 15) is 0 Å². The van der Waals surface area contributed by atoms with Gasteiger partial charge in [-0.05, 0) is 5.56 Å². The molecule has 90 valence electrons. The van der Waals surface area contributed by atoms with E-state index in [-0.39, 0.29) is 0 Å². The average Bonchev–Trinajstić information content (AvgIpc) is 2.75. The minimum atomic E-state index is 0.807. The average molecular weight is 230 g/mol. The summed E-state index contributed by atoms with van der Waals surface area (Å²) in [6.07, 6.45) is 3.98. The maximum atomic E-state index is 4.35. The molecule has 1 heterocycles. The lowest BCUT2D eigenvalue weighted by Gasteiger charge is -2.09. The van der Waals surface area contributed by atoms with E-state index in [4.69, 9.17) is 0 Å². The number of rotatable bonds is 5. The zero-order valence-corrected chi connectivity index (χ0v) is 10.3. The lowest BCUT2D eigenvalue weighted by Crippen LogP contribution is -2.29. The van der Waals surface area contributed by atoms with Crippen LogP contribution in [0.2, 0.25) is 0 Å². The van der Waals surface area contributed by atoms with Gasteiger partial charge in [0.15, 0.2) is 0 Å². The van der Waals surface area contributed by atoms with Crippen molar-refractivity contribution in [2.75, 3.05) is 14.1 Å². The molecule has 4 heteroatoms. The molecule has 2 aromatic rings. The van der Waals surface area contributed by atoms with Crippen molar-refractivity contribution < 1.29 is 0 Å². The predicted octanol–water partition coefficient (Wildman–Crippen LogP) is 1.50. The molecule has 0 spiro atoms. The normalized spacial score (nSPS) is 11.0. The van der Waals surface area contributed by atoms with Gasteiger partial charge in [-0.3, -0.25) is 15.1 Å². The van der Waals surface area contributed by atoms with Crippen LogP contribution >= 0.6 is 0 Å². The maximum Gasteiger partial charge on any atom is 0.0659 e. The molecule has 0 aliphatic rings. The highest BCUT2D eigenvalue weighted by Crippen LogP contribution is 2.03. The van der Waals surface area contributed by atoms with Crippen molar-refractivity contribution in [3.05, 3.63) is 53.9 Å². The van der Waals surface area contributed by atoms with Gasteiger partial charge in [-0.15, -0.1) is 0 Å². The molecule has 0 fully saturated rings. The first kappa shape index (κ1) is 11.8. The number of nitrogens with zero attached hydrogens (tertiary/aromatic N) is 3. The van der Waals surface area contributed by atoms with Crippen molar-refractivity contribution in [1.82, 2.24) is 20.2 Å². The van der Waals surface area contributed by atoms with Crippen molar-refractivity contribution in [3.63, 3.8) is 0 Å². The fourth-order valence-electron chi connectivity index (χ4n) is 1.60. The highest BCUT2D eigenvalue weighted by molar-refractivity contribution is 5.15. The molecule has 0 aliphatic heterocycles. The van der Waals surface area contributed by atoms with Crippen LogP contribution in [-0.2, 0) is 13.1 Å². The summed E-state index contributed by atoms with van der Waals surface area (Å²) in [6.45, 7) is 1.63. The molecule has 2 rings (SSSR count). The molecule has 0 atom stereocenters. The highest BCUT2D eigenvalue weighted by atomic mass is 15.5. The second kappa shape index (κ2) is 5.61. The van der Waals surface area contributed by atoms with Gasteiger partial charge in [0.25, 0.3) is 0 Å². The van der Waals surface area contributed by atoms with Crippen LogP contribution in [0, 0.1) is 0 Å². The van der Waals surface area contributed by atoms with Gasteiger partial charge in [-0.1, -0.05) is 30.3 Å².